The molecule has 0 amide bonds. The van der Waals surface area contributed by atoms with Gasteiger partial charge in [-0.1, -0.05) is 0 Å². The molecule has 0 aliphatic carbocycles. The van der Waals surface area contributed by atoms with Crippen LogP contribution in [0.1, 0.15) is 4.88 Å². The van der Waals surface area contributed by atoms with Crippen LogP contribution in [0.25, 0.3) is 0 Å². The van der Waals surface area contributed by atoms with Gasteiger partial charge in [-0.15, -0.1) is 11.3 Å². The lowest BCUT2D eigenvalue weighted by atomic mass is 10.2. The van der Waals surface area contributed by atoms with Gasteiger partial charge >= 0.3 is 6.61 Å². The normalized spacial score (nSPS) is 10.8. The Bertz CT molecular complexity index is 606. The van der Waals surface area contributed by atoms with E-state index in [2.05, 4.69) is 26.0 Å². The van der Waals surface area contributed by atoms with Gasteiger partial charge in [-0.05, 0) is 28.1 Å². The van der Waals surface area contributed by atoms with Gasteiger partial charge in [0.15, 0.2) is 11.6 Å². The first-order valence-corrected chi connectivity index (χ1v) is 7.08. The third-order valence-corrected chi connectivity index (χ3v) is 4.03. The molecule has 1 heterocycles. The standard InChI is InChI=1S/C12H10BrF3N2OS/c13-11-2-1-6(20-11)5-18-9-4-10(19-12(15)16)7(14)3-8(9)17/h1-4,12,18H,5,17H2. The number of hydrogen-bond acceptors (Lipinski definition) is 4. The van der Waals surface area contributed by atoms with Gasteiger partial charge in [0.25, 0.3) is 0 Å². The number of nitrogens with two attached hydrogens (primary N) is 1. The summed E-state index contributed by atoms with van der Waals surface area (Å²) in [6, 6.07) is 5.86. The Morgan fingerprint density at radius 1 is 1.35 bits per heavy atom. The minimum Gasteiger partial charge on any atom is -0.432 e. The van der Waals surface area contributed by atoms with Crippen LogP contribution in [-0.4, -0.2) is 6.61 Å². The van der Waals surface area contributed by atoms with E-state index in [0.717, 1.165) is 20.8 Å². The molecule has 3 N–H and O–H groups in total. The molecule has 0 saturated heterocycles. The van der Waals surface area contributed by atoms with Gasteiger partial charge < -0.3 is 15.8 Å². The second kappa shape index (κ2) is 6.36. The first kappa shape index (κ1) is 15.0. The number of thiophene rings is 1. The molecule has 0 spiro atoms. The Morgan fingerprint density at radius 3 is 2.70 bits per heavy atom. The summed E-state index contributed by atoms with van der Waals surface area (Å²) in [6.45, 7) is -2.64. The molecule has 0 radical (unpaired) electrons. The van der Waals surface area contributed by atoms with Crippen molar-refractivity contribution >= 4 is 38.6 Å². The van der Waals surface area contributed by atoms with Crippen molar-refractivity contribution in [3.05, 3.63) is 38.7 Å². The average molecular weight is 367 g/mol. The quantitative estimate of drug-likeness (QED) is 0.768. The van der Waals surface area contributed by atoms with Gasteiger partial charge in [-0.3, -0.25) is 0 Å². The zero-order valence-corrected chi connectivity index (χ0v) is 12.4. The third-order valence-electron chi connectivity index (χ3n) is 2.40. The van der Waals surface area contributed by atoms with Gasteiger partial charge in [0.2, 0.25) is 0 Å². The van der Waals surface area contributed by atoms with E-state index in [1.54, 1.807) is 0 Å². The Hall–Kier alpha value is -1.41. The molecule has 108 valence electrons. The minimum atomic E-state index is -3.09. The van der Waals surface area contributed by atoms with Crippen LogP contribution in [0.15, 0.2) is 28.1 Å². The molecule has 2 aromatic rings. The van der Waals surface area contributed by atoms with Crippen molar-refractivity contribution in [3.63, 3.8) is 0 Å². The van der Waals surface area contributed by atoms with Crippen molar-refractivity contribution in [3.8, 4) is 5.75 Å². The largest absolute Gasteiger partial charge is 0.432 e. The molecule has 20 heavy (non-hydrogen) atoms. The summed E-state index contributed by atoms with van der Waals surface area (Å²) < 4.78 is 42.7. The molecular weight excluding hydrogens is 357 g/mol. The molecule has 0 fully saturated rings. The maximum Gasteiger partial charge on any atom is 0.387 e. The monoisotopic (exact) mass is 366 g/mol. The number of anilines is 2. The second-order valence-corrected chi connectivity index (χ2v) is 6.36. The van der Waals surface area contributed by atoms with Crippen molar-refractivity contribution in [2.24, 2.45) is 0 Å². The van der Waals surface area contributed by atoms with E-state index in [1.165, 1.54) is 11.3 Å². The summed E-state index contributed by atoms with van der Waals surface area (Å²) in [4.78, 5) is 1.01. The highest BCUT2D eigenvalue weighted by Crippen LogP contribution is 2.30. The zero-order valence-electron chi connectivity index (χ0n) is 10.00. The van der Waals surface area contributed by atoms with Crippen LogP contribution in [0.2, 0.25) is 0 Å². The van der Waals surface area contributed by atoms with Crippen LogP contribution in [0.5, 0.6) is 5.75 Å². The maximum atomic E-state index is 13.4. The van der Waals surface area contributed by atoms with E-state index in [4.69, 9.17) is 5.73 Å². The predicted octanol–water partition coefficient (Wildman–Crippen LogP) is 4.45. The molecule has 1 aromatic carbocycles. The average Bonchev–Trinajstić information content (AvgIpc) is 2.76. The molecule has 0 unspecified atom stereocenters. The van der Waals surface area contributed by atoms with Gasteiger partial charge in [-0.2, -0.15) is 8.78 Å². The third kappa shape index (κ3) is 3.80. The molecule has 3 nitrogen and oxygen atoms in total. The molecule has 0 atom stereocenters. The van der Waals surface area contributed by atoms with E-state index in [-0.39, 0.29) is 5.69 Å². The van der Waals surface area contributed by atoms with Crippen LogP contribution in [-0.2, 0) is 6.54 Å². The number of nitrogen functional groups attached to an aromatic ring is 1. The SMILES string of the molecule is Nc1cc(F)c(OC(F)F)cc1NCc1ccc(Br)s1. The predicted molar refractivity (Wildman–Crippen MR) is 76.8 cm³/mol. The van der Waals surface area contributed by atoms with Crippen LogP contribution in [0.3, 0.4) is 0 Å². The van der Waals surface area contributed by atoms with Crippen LogP contribution in [0, 0.1) is 5.82 Å². The smallest absolute Gasteiger partial charge is 0.387 e. The van der Waals surface area contributed by atoms with E-state index in [9.17, 15) is 13.2 Å². The summed E-state index contributed by atoms with van der Waals surface area (Å²) >= 11 is 4.85. The van der Waals surface area contributed by atoms with E-state index >= 15 is 0 Å². The fourth-order valence-electron chi connectivity index (χ4n) is 1.54. The van der Waals surface area contributed by atoms with E-state index < -0.39 is 18.2 Å². The first-order valence-electron chi connectivity index (χ1n) is 5.47. The molecule has 0 bridgehead atoms. The van der Waals surface area contributed by atoms with Crippen molar-refractivity contribution in [2.45, 2.75) is 13.2 Å². The van der Waals surface area contributed by atoms with Crippen molar-refractivity contribution < 1.29 is 17.9 Å². The summed E-state index contributed by atoms with van der Waals surface area (Å²) in [7, 11) is 0. The van der Waals surface area contributed by atoms with Gasteiger partial charge in [-0.25, -0.2) is 4.39 Å². The van der Waals surface area contributed by atoms with Gasteiger partial charge in [0.05, 0.1) is 15.2 Å². The topological polar surface area (TPSA) is 47.3 Å². The lowest BCUT2D eigenvalue weighted by molar-refractivity contribution is -0.0521. The van der Waals surface area contributed by atoms with Gasteiger partial charge in [0, 0.05) is 23.6 Å². The van der Waals surface area contributed by atoms with Crippen LogP contribution in [0.4, 0.5) is 24.5 Å². The van der Waals surface area contributed by atoms with E-state index in [0.29, 0.717) is 12.2 Å². The molecule has 8 heteroatoms. The highest BCUT2D eigenvalue weighted by atomic mass is 79.9. The summed E-state index contributed by atoms with van der Waals surface area (Å²) in [6.07, 6.45) is 0. The van der Waals surface area contributed by atoms with Crippen molar-refractivity contribution in [1.29, 1.82) is 0 Å². The molecule has 1 aromatic heterocycles. The second-order valence-electron chi connectivity index (χ2n) is 3.81. The summed E-state index contributed by atoms with van der Waals surface area (Å²) in [5.74, 6) is -1.46. The van der Waals surface area contributed by atoms with Gasteiger partial charge in [0.1, 0.15) is 0 Å². The zero-order chi connectivity index (χ0) is 14.7. The van der Waals surface area contributed by atoms with Crippen molar-refractivity contribution in [2.75, 3.05) is 11.1 Å². The maximum absolute atomic E-state index is 13.4. The Morgan fingerprint density at radius 2 is 2.10 bits per heavy atom. The molecular formula is C12H10BrF3N2OS. The highest BCUT2D eigenvalue weighted by Gasteiger charge is 2.13. The number of rotatable bonds is 5. The fourth-order valence-corrected chi connectivity index (χ4v) is 2.96. The number of alkyl halides is 2. The van der Waals surface area contributed by atoms with Crippen LogP contribution < -0.4 is 15.8 Å². The fraction of sp³-hybridized carbons (Fsp3) is 0.167. The lowest BCUT2D eigenvalue weighted by Crippen LogP contribution is -2.07. The summed E-state index contributed by atoms with van der Waals surface area (Å²) in [5, 5.41) is 2.96. The number of ether oxygens (including phenoxy) is 1. The van der Waals surface area contributed by atoms with E-state index in [1.807, 2.05) is 12.1 Å². The number of nitrogens with one attached hydrogen (secondary N) is 1. The molecule has 0 aliphatic rings. The van der Waals surface area contributed by atoms with Crippen LogP contribution >= 0.6 is 27.3 Å². The number of halogens is 4. The molecule has 0 saturated carbocycles. The minimum absolute atomic E-state index is 0.125. The Balaban J connectivity index is 2.14. The van der Waals surface area contributed by atoms with Crippen molar-refractivity contribution in [1.82, 2.24) is 0 Å². The number of benzene rings is 1. The number of hydrogen-bond donors (Lipinski definition) is 2. The molecule has 0 aliphatic heterocycles. The lowest BCUT2D eigenvalue weighted by Gasteiger charge is -2.12. The molecule has 2 rings (SSSR count). The summed E-state index contributed by atoms with van der Waals surface area (Å²) in [5.41, 5.74) is 6.10. The Labute approximate surface area is 125 Å². The highest BCUT2D eigenvalue weighted by molar-refractivity contribution is 9.11. The Kier molecular flexibility index (Phi) is 4.77. The first-order chi connectivity index (χ1) is 9.45.